The first-order valence-electron chi connectivity index (χ1n) is 9.03. The number of rotatable bonds is 4. The number of carbonyl (C=O) groups excluding carboxylic acids is 2. The van der Waals surface area contributed by atoms with Crippen LogP contribution in [0.5, 0.6) is 0 Å². The second-order valence-electron chi connectivity index (χ2n) is 7.64. The number of nitrogens with zero attached hydrogens (tertiary/aromatic N) is 3. The van der Waals surface area contributed by atoms with E-state index in [9.17, 15) is 9.59 Å². The smallest absolute Gasteiger partial charge is 0.289 e. The van der Waals surface area contributed by atoms with E-state index in [4.69, 9.17) is 4.42 Å². The van der Waals surface area contributed by atoms with Crippen molar-refractivity contribution in [1.29, 1.82) is 0 Å². The third-order valence-electron chi connectivity index (χ3n) is 5.44. The van der Waals surface area contributed by atoms with Gasteiger partial charge in [0.1, 0.15) is 0 Å². The van der Waals surface area contributed by atoms with Crippen LogP contribution in [-0.4, -0.2) is 52.8 Å². The van der Waals surface area contributed by atoms with Crippen LogP contribution >= 0.6 is 11.3 Å². The van der Waals surface area contributed by atoms with Gasteiger partial charge in [0, 0.05) is 43.7 Å². The van der Waals surface area contributed by atoms with Crippen LogP contribution < -0.4 is 0 Å². The van der Waals surface area contributed by atoms with Crippen molar-refractivity contribution < 1.29 is 14.0 Å². The highest BCUT2D eigenvalue weighted by Gasteiger charge is 2.59. The standard InChI is InChI=1S/C19H23N3O3S/c1-13(2)10-21-7-5-19(18(21)24)12-22(17(23)15-4-3-8-25-15)11-14(19)16-20-6-9-26-16/h3-4,6,8-9,13-14H,5,7,10-12H2,1-2H3/t14-,19-/m1/s1. The third kappa shape index (κ3) is 2.74. The lowest BCUT2D eigenvalue weighted by molar-refractivity contribution is -0.136. The van der Waals surface area contributed by atoms with Crippen LogP contribution in [0.2, 0.25) is 0 Å². The molecular weight excluding hydrogens is 350 g/mol. The second kappa shape index (κ2) is 6.54. The maximum absolute atomic E-state index is 13.4. The molecule has 2 amide bonds. The highest BCUT2D eigenvalue weighted by atomic mass is 32.1. The third-order valence-corrected chi connectivity index (χ3v) is 6.33. The van der Waals surface area contributed by atoms with Gasteiger partial charge in [-0.1, -0.05) is 13.8 Å². The summed E-state index contributed by atoms with van der Waals surface area (Å²) in [6.45, 7) is 6.70. The maximum atomic E-state index is 13.4. The Balaban J connectivity index is 1.65. The molecule has 1 spiro atoms. The molecule has 0 N–H and O–H groups in total. The number of carbonyl (C=O) groups is 2. The molecule has 138 valence electrons. The Kier molecular flexibility index (Phi) is 4.34. The predicted molar refractivity (Wildman–Crippen MR) is 97.9 cm³/mol. The van der Waals surface area contributed by atoms with Crippen molar-refractivity contribution in [3.05, 3.63) is 40.7 Å². The molecule has 0 unspecified atom stereocenters. The predicted octanol–water partition coefficient (Wildman–Crippen LogP) is 2.85. The van der Waals surface area contributed by atoms with Crippen molar-refractivity contribution in [3.63, 3.8) is 0 Å². The molecule has 2 aliphatic rings. The van der Waals surface area contributed by atoms with E-state index in [0.717, 1.165) is 24.5 Å². The molecule has 2 aromatic rings. The van der Waals surface area contributed by atoms with Crippen molar-refractivity contribution >= 4 is 23.2 Å². The van der Waals surface area contributed by atoms with Crippen LogP contribution in [0.1, 0.15) is 41.7 Å². The van der Waals surface area contributed by atoms with E-state index < -0.39 is 5.41 Å². The van der Waals surface area contributed by atoms with Crippen LogP contribution in [0.15, 0.2) is 34.4 Å². The Labute approximate surface area is 156 Å². The Morgan fingerprint density at radius 1 is 1.50 bits per heavy atom. The first-order valence-corrected chi connectivity index (χ1v) is 9.91. The number of furan rings is 1. The summed E-state index contributed by atoms with van der Waals surface area (Å²) in [6, 6.07) is 3.38. The number of likely N-dealkylation sites (tertiary alicyclic amines) is 2. The molecule has 2 saturated heterocycles. The van der Waals surface area contributed by atoms with Crippen LogP contribution in [0.3, 0.4) is 0 Å². The summed E-state index contributed by atoms with van der Waals surface area (Å²) in [5.74, 6) is 0.717. The summed E-state index contributed by atoms with van der Waals surface area (Å²) in [6.07, 6.45) is 4.04. The number of hydrogen-bond donors (Lipinski definition) is 0. The molecule has 2 aromatic heterocycles. The Morgan fingerprint density at radius 3 is 3.00 bits per heavy atom. The van der Waals surface area contributed by atoms with Crippen molar-refractivity contribution in [3.8, 4) is 0 Å². The Hall–Kier alpha value is -2.15. The van der Waals surface area contributed by atoms with Gasteiger partial charge in [-0.2, -0.15) is 0 Å². The molecule has 2 aliphatic heterocycles. The van der Waals surface area contributed by atoms with Crippen LogP contribution in [0, 0.1) is 11.3 Å². The van der Waals surface area contributed by atoms with Crippen molar-refractivity contribution in [1.82, 2.24) is 14.8 Å². The lowest BCUT2D eigenvalue weighted by Crippen LogP contribution is -2.41. The SMILES string of the molecule is CC(C)CN1CC[C@]2(CN(C(=O)c3ccco3)C[C@@H]2c2nccs2)C1=O. The van der Waals surface area contributed by atoms with Crippen LogP contribution in [0.25, 0.3) is 0 Å². The summed E-state index contributed by atoms with van der Waals surface area (Å²) < 4.78 is 5.29. The fraction of sp³-hybridized carbons (Fsp3) is 0.526. The summed E-state index contributed by atoms with van der Waals surface area (Å²) in [5, 5.41) is 2.88. The molecule has 4 rings (SSSR count). The minimum Gasteiger partial charge on any atom is -0.459 e. The number of aromatic nitrogens is 1. The minimum atomic E-state index is -0.561. The highest BCUT2D eigenvalue weighted by Crippen LogP contribution is 2.50. The number of hydrogen-bond acceptors (Lipinski definition) is 5. The van der Waals surface area contributed by atoms with E-state index in [2.05, 4.69) is 18.8 Å². The average molecular weight is 373 g/mol. The summed E-state index contributed by atoms with van der Waals surface area (Å²) in [5.41, 5.74) is -0.561. The van der Waals surface area contributed by atoms with Gasteiger partial charge in [-0.25, -0.2) is 4.98 Å². The van der Waals surface area contributed by atoms with Crippen LogP contribution in [0.4, 0.5) is 0 Å². The zero-order valence-corrected chi connectivity index (χ0v) is 15.9. The first-order chi connectivity index (χ1) is 12.5. The van der Waals surface area contributed by atoms with E-state index in [1.807, 2.05) is 10.3 Å². The van der Waals surface area contributed by atoms with E-state index in [1.165, 1.54) is 6.26 Å². The van der Waals surface area contributed by atoms with Crippen molar-refractivity contribution in [2.24, 2.45) is 11.3 Å². The second-order valence-corrected chi connectivity index (χ2v) is 8.56. The van der Waals surface area contributed by atoms with Gasteiger partial charge in [0.25, 0.3) is 5.91 Å². The first kappa shape index (κ1) is 17.3. The molecule has 2 fully saturated rings. The van der Waals surface area contributed by atoms with E-state index in [1.54, 1.807) is 34.6 Å². The lowest BCUT2D eigenvalue weighted by atomic mass is 9.77. The molecule has 0 aliphatic carbocycles. The highest BCUT2D eigenvalue weighted by molar-refractivity contribution is 7.09. The maximum Gasteiger partial charge on any atom is 0.289 e. The molecule has 26 heavy (non-hydrogen) atoms. The van der Waals surface area contributed by atoms with Gasteiger partial charge in [-0.3, -0.25) is 9.59 Å². The normalized spacial score (nSPS) is 25.8. The molecule has 0 saturated carbocycles. The van der Waals surface area contributed by atoms with E-state index >= 15 is 0 Å². The molecule has 4 heterocycles. The zero-order valence-electron chi connectivity index (χ0n) is 15.1. The molecule has 2 atom stereocenters. The van der Waals surface area contributed by atoms with Gasteiger partial charge < -0.3 is 14.2 Å². The fourth-order valence-electron chi connectivity index (χ4n) is 4.29. The largest absolute Gasteiger partial charge is 0.459 e. The van der Waals surface area contributed by atoms with E-state index in [0.29, 0.717) is 24.8 Å². The molecule has 0 radical (unpaired) electrons. The van der Waals surface area contributed by atoms with Gasteiger partial charge in [0.15, 0.2) is 5.76 Å². The van der Waals surface area contributed by atoms with Crippen molar-refractivity contribution in [2.45, 2.75) is 26.2 Å². The molecule has 0 aromatic carbocycles. The number of amides is 2. The quantitative estimate of drug-likeness (QED) is 0.827. The molecule has 0 bridgehead atoms. The van der Waals surface area contributed by atoms with Gasteiger partial charge in [-0.05, 0) is 24.5 Å². The van der Waals surface area contributed by atoms with Gasteiger partial charge in [0.05, 0.1) is 16.7 Å². The van der Waals surface area contributed by atoms with Gasteiger partial charge >= 0.3 is 0 Å². The topological polar surface area (TPSA) is 66.7 Å². The lowest BCUT2D eigenvalue weighted by Gasteiger charge is -2.28. The van der Waals surface area contributed by atoms with Crippen molar-refractivity contribution in [2.75, 3.05) is 26.2 Å². The van der Waals surface area contributed by atoms with Crippen LogP contribution in [-0.2, 0) is 4.79 Å². The van der Waals surface area contributed by atoms with E-state index in [-0.39, 0.29) is 17.7 Å². The summed E-state index contributed by atoms with van der Waals surface area (Å²) in [4.78, 5) is 34.4. The minimum absolute atomic E-state index is 0.0499. The monoisotopic (exact) mass is 373 g/mol. The molecule has 6 nitrogen and oxygen atoms in total. The number of thiazole rings is 1. The zero-order chi connectivity index (χ0) is 18.3. The van der Waals surface area contributed by atoms with Gasteiger partial charge in [0.2, 0.25) is 5.91 Å². The summed E-state index contributed by atoms with van der Waals surface area (Å²) in [7, 11) is 0. The summed E-state index contributed by atoms with van der Waals surface area (Å²) >= 11 is 1.57. The van der Waals surface area contributed by atoms with Gasteiger partial charge in [-0.15, -0.1) is 11.3 Å². The average Bonchev–Trinajstić information content (AvgIpc) is 3.39. The molecule has 7 heteroatoms. The Morgan fingerprint density at radius 2 is 2.35 bits per heavy atom. The Bertz CT molecular complexity index is 787. The fourth-order valence-corrected chi connectivity index (χ4v) is 5.13. The molecular formula is C19H23N3O3S.